The van der Waals surface area contributed by atoms with Gasteiger partial charge in [0.2, 0.25) is 0 Å². The highest BCUT2D eigenvalue weighted by Crippen LogP contribution is 2.30. The molecule has 80 valence electrons. The zero-order valence-corrected chi connectivity index (χ0v) is 8.62. The highest BCUT2D eigenvalue weighted by atomic mass is 16.5. The van der Waals surface area contributed by atoms with Gasteiger partial charge in [-0.1, -0.05) is 0 Å². The number of carbonyl (C=O) groups is 1. The summed E-state index contributed by atoms with van der Waals surface area (Å²) in [6, 6.07) is 5.30. The Balaban J connectivity index is 2.30. The number of benzene rings is 1. The van der Waals surface area contributed by atoms with Gasteiger partial charge in [-0.3, -0.25) is 4.79 Å². The second-order valence-electron chi connectivity index (χ2n) is 3.64. The summed E-state index contributed by atoms with van der Waals surface area (Å²) in [6.45, 7) is 0. The highest BCUT2D eigenvalue weighted by Gasteiger charge is 2.25. The van der Waals surface area contributed by atoms with Crippen molar-refractivity contribution >= 4 is 11.6 Å². The molecule has 1 amide bonds. The molecule has 0 spiro atoms. The van der Waals surface area contributed by atoms with Crippen molar-refractivity contribution in [1.82, 2.24) is 0 Å². The molecule has 1 saturated carbocycles. The molecule has 3 N–H and O–H groups in total. The molecule has 0 radical (unpaired) electrons. The van der Waals surface area contributed by atoms with Crippen LogP contribution in [0, 0.1) is 0 Å². The van der Waals surface area contributed by atoms with Crippen LogP contribution in [0.15, 0.2) is 18.2 Å². The molecule has 0 aromatic heterocycles. The first kappa shape index (κ1) is 9.83. The molecular formula is C11H14N2O2. The van der Waals surface area contributed by atoms with Gasteiger partial charge in [0, 0.05) is 18.8 Å². The van der Waals surface area contributed by atoms with Crippen molar-refractivity contribution in [2.45, 2.75) is 18.9 Å². The lowest BCUT2D eigenvalue weighted by Gasteiger charge is -2.10. The van der Waals surface area contributed by atoms with E-state index >= 15 is 0 Å². The van der Waals surface area contributed by atoms with Crippen molar-refractivity contribution in [1.29, 1.82) is 0 Å². The van der Waals surface area contributed by atoms with Crippen LogP contribution in [0.5, 0.6) is 5.75 Å². The molecular weight excluding hydrogens is 192 g/mol. The van der Waals surface area contributed by atoms with Crippen LogP contribution in [0.25, 0.3) is 0 Å². The minimum atomic E-state index is -0.451. The fourth-order valence-electron chi connectivity index (χ4n) is 1.34. The molecule has 2 rings (SSSR count). The number of nitrogens with one attached hydrogen (secondary N) is 1. The summed E-state index contributed by atoms with van der Waals surface area (Å²) < 4.78 is 5.62. The van der Waals surface area contributed by atoms with Crippen LogP contribution in [0.1, 0.15) is 23.2 Å². The van der Waals surface area contributed by atoms with Gasteiger partial charge in [0.25, 0.3) is 5.91 Å². The lowest BCUT2D eigenvalue weighted by molar-refractivity contribution is 0.0996. The molecule has 0 bridgehead atoms. The standard InChI is InChI=1S/C11H14N2O2/c1-13-7-2-5-9(11(12)14)10(6-7)15-8-3-4-8/h2,5-6,8,13H,3-4H2,1H3,(H2,12,14). The lowest BCUT2D eigenvalue weighted by atomic mass is 10.1. The van der Waals surface area contributed by atoms with Gasteiger partial charge < -0.3 is 15.8 Å². The van der Waals surface area contributed by atoms with Crippen molar-refractivity contribution in [2.24, 2.45) is 5.73 Å². The first-order valence-electron chi connectivity index (χ1n) is 4.99. The van der Waals surface area contributed by atoms with Gasteiger partial charge in [-0.15, -0.1) is 0 Å². The summed E-state index contributed by atoms with van der Waals surface area (Å²) in [6.07, 6.45) is 2.37. The minimum absolute atomic E-state index is 0.259. The SMILES string of the molecule is CNc1ccc(C(N)=O)c(OC2CC2)c1. The molecule has 15 heavy (non-hydrogen) atoms. The third kappa shape index (κ3) is 2.21. The first-order chi connectivity index (χ1) is 7.20. The fraction of sp³-hybridized carbons (Fsp3) is 0.364. The fourth-order valence-corrected chi connectivity index (χ4v) is 1.34. The van der Waals surface area contributed by atoms with Crippen LogP contribution in [-0.4, -0.2) is 19.1 Å². The Labute approximate surface area is 88.4 Å². The van der Waals surface area contributed by atoms with Crippen molar-refractivity contribution in [3.8, 4) is 5.75 Å². The predicted octanol–water partition coefficient (Wildman–Crippen LogP) is 1.37. The first-order valence-corrected chi connectivity index (χ1v) is 4.99. The summed E-state index contributed by atoms with van der Waals surface area (Å²) in [5, 5.41) is 3.00. The van der Waals surface area contributed by atoms with Gasteiger partial charge in [0.1, 0.15) is 5.75 Å². The Morgan fingerprint density at radius 1 is 1.53 bits per heavy atom. The third-order valence-electron chi connectivity index (χ3n) is 2.35. The Bertz CT molecular complexity index is 386. The van der Waals surface area contributed by atoms with Crippen LogP contribution in [0.3, 0.4) is 0 Å². The summed E-state index contributed by atoms with van der Waals surface area (Å²) in [5.74, 6) is 0.130. The van der Waals surface area contributed by atoms with Gasteiger partial charge in [0.15, 0.2) is 0 Å². The molecule has 0 aliphatic heterocycles. The maximum Gasteiger partial charge on any atom is 0.252 e. The quantitative estimate of drug-likeness (QED) is 0.782. The molecule has 4 nitrogen and oxygen atoms in total. The number of hydrogen-bond donors (Lipinski definition) is 2. The van der Waals surface area contributed by atoms with Gasteiger partial charge in [0.05, 0.1) is 11.7 Å². The third-order valence-corrected chi connectivity index (χ3v) is 2.35. The molecule has 0 atom stereocenters. The lowest BCUT2D eigenvalue weighted by Crippen LogP contribution is -2.13. The van der Waals surface area contributed by atoms with Crippen molar-refractivity contribution in [3.05, 3.63) is 23.8 Å². The maximum absolute atomic E-state index is 11.1. The average molecular weight is 206 g/mol. The minimum Gasteiger partial charge on any atom is -0.490 e. The van der Waals surface area contributed by atoms with Gasteiger partial charge in [-0.25, -0.2) is 0 Å². The molecule has 1 aromatic rings. The van der Waals surface area contributed by atoms with E-state index in [0.29, 0.717) is 11.3 Å². The van der Waals surface area contributed by atoms with E-state index in [1.54, 1.807) is 18.2 Å². The van der Waals surface area contributed by atoms with Crippen molar-refractivity contribution in [3.63, 3.8) is 0 Å². The number of amides is 1. The number of anilines is 1. The largest absolute Gasteiger partial charge is 0.490 e. The number of rotatable bonds is 4. The zero-order chi connectivity index (χ0) is 10.8. The molecule has 0 saturated heterocycles. The molecule has 1 aliphatic carbocycles. The predicted molar refractivity (Wildman–Crippen MR) is 58.2 cm³/mol. The number of primary amides is 1. The van der Waals surface area contributed by atoms with E-state index in [2.05, 4.69) is 5.32 Å². The van der Waals surface area contributed by atoms with Crippen molar-refractivity contribution < 1.29 is 9.53 Å². The van der Waals surface area contributed by atoms with Gasteiger partial charge >= 0.3 is 0 Å². The molecule has 0 unspecified atom stereocenters. The van der Waals surface area contributed by atoms with Crippen LogP contribution in [-0.2, 0) is 0 Å². The Kier molecular flexibility index (Phi) is 2.49. The number of carbonyl (C=O) groups excluding carboxylic acids is 1. The van der Waals surface area contributed by atoms with E-state index in [0.717, 1.165) is 18.5 Å². The number of hydrogen-bond acceptors (Lipinski definition) is 3. The van der Waals surface area contributed by atoms with Crippen LogP contribution < -0.4 is 15.8 Å². The maximum atomic E-state index is 11.1. The van der Waals surface area contributed by atoms with E-state index in [4.69, 9.17) is 10.5 Å². The molecule has 1 aromatic carbocycles. The Morgan fingerprint density at radius 2 is 2.27 bits per heavy atom. The zero-order valence-electron chi connectivity index (χ0n) is 8.62. The Hall–Kier alpha value is -1.71. The van der Waals surface area contributed by atoms with Gasteiger partial charge in [-0.05, 0) is 25.0 Å². The summed E-state index contributed by atoms with van der Waals surface area (Å²) in [7, 11) is 1.82. The topological polar surface area (TPSA) is 64.3 Å². The number of nitrogens with two attached hydrogens (primary N) is 1. The number of ether oxygens (including phenoxy) is 1. The normalized spacial score (nSPS) is 14.7. The molecule has 1 fully saturated rings. The second-order valence-corrected chi connectivity index (χ2v) is 3.64. The Morgan fingerprint density at radius 3 is 2.80 bits per heavy atom. The van der Waals surface area contributed by atoms with Gasteiger partial charge in [-0.2, -0.15) is 0 Å². The van der Waals surface area contributed by atoms with Crippen LogP contribution >= 0.6 is 0 Å². The highest BCUT2D eigenvalue weighted by molar-refractivity contribution is 5.96. The van der Waals surface area contributed by atoms with E-state index in [-0.39, 0.29) is 6.10 Å². The van der Waals surface area contributed by atoms with Crippen molar-refractivity contribution in [2.75, 3.05) is 12.4 Å². The summed E-state index contributed by atoms with van der Waals surface area (Å²) in [5.41, 5.74) is 6.62. The summed E-state index contributed by atoms with van der Waals surface area (Å²) >= 11 is 0. The van der Waals surface area contributed by atoms with E-state index in [1.807, 2.05) is 7.05 Å². The molecule has 0 heterocycles. The van der Waals surface area contributed by atoms with E-state index in [9.17, 15) is 4.79 Å². The van der Waals surface area contributed by atoms with Crippen LogP contribution in [0.4, 0.5) is 5.69 Å². The summed E-state index contributed by atoms with van der Waals surface area (Å²) in [4.78, 5) is 11.1. The molecule has 1 aliphatic rings. The second kappa shape index (κ2) is 3.81. The molecule has 4 heteroatoms. The average Bonchev–Trinajstić information content (AvgIpc) is 3.01. The van der Waals surface area contributed by atoms with E-state index < -0.39 is 5.91 Å². The van der Waals surface area contributed by atoms with Crippen LogP contribution in [0.2, 0.25) is 0 Å². The van der Waals surface area contributed by atoms with E-state index in [1.165, 1.54) is 0 Å². The smallest absolute Gasteiger partial charge is 0.252 e. The monoisotopic (exact) mass is 206 g/mol.